The van der Waals surface area contributed by atoms with E-state index >= 15 is 0 Å². The third-order valence-corrected chi connectivity index (χ3v) is 5.47. The quantitative estimate of drug-likeness (QED) is 0.509. The van der Waals surface area contributed by atoms with E-state index in [1.807, 2.05) is 0 Å². The number of nitrogens with two attached hydrogens (primary N) is 1. The molecule has 1 aliphatic rings. The van der Waals surface area contributed by atoms with Crippen LogP contribution in [-0.4, -0.2) is 19.9 Å². The Hall–Kier alpha value is -0.700. The molecule has 1 saturated carbocycles. The van der Waals surface area contributed by atoms with Crippen molar-refractivity contribution in [3.63, 3.8) is 0 Å². The van der Waals surface area contributed by atoms with Gasteiger partial charge in [0.25, 0.3) is 0 Å². The molecule has 0 amide bonds. The smallest absolute Gasteiger partial charge is 0.244 e. The maximum Gasteiger partial charge on any atom is 0.244 e. The van der Waals surface area contributed by atoms with Crippen LogP contribution in [0.4, 0.5) is 5.82 Å². The van der Waals surface area contributed by atoms with Crippen LogP contribution >= 0.6 is 15.9 Å². The zero-order valence-electron chi connectivity index (χ0n) is 11.3. The van der Waals surface area contributed by atoms with Gasteiger partial charge in [-0.25, -0.2) is 24.0 Å². The molecule has 6 nitrogen and oxygen atoms in total. The molecule has 2 rings (SSSR count). The summed E-state index contributed by atoms with van der Waals surface area (Å²) in [7, 11) is -3.62. The number of sulfonamides is 1. The molecule has 0 unspecified atom stereocenters. The number of anilines is 1. The fourth-order valence-corrected chi connectivity index (χ4v) is 4.06. The van der Waals surface area contributed by atoms with Gasteiger partial charge in [-0.05, 0) is 46.7 Å². The molecule has 1 heterocycles. The maximum absolute atomic E-state index is 12.4. The summed E-state index contributed by atoms with van der Waals surface area (Å²) in [6.45, 7) is 2.59. The molecule has 1 fully saturated rings. The number of pyridine rings is 1. The van der Waals surface area contributed by atoms with Crippen LogP contribution in [0.1, 0.15) is 32.6 Å². The Morgan fingerprint density at radius 1 is 1.50 bits per heavy atom. The topological polar surface area (TPSA) is 97.1 Å². The summed E-state index contributed by atoms with van der Waals surface area (Å²) < 4.78 is 28.0. The lowest BCUT2D eigenvalue weighted by Gasteiger charge is -2.16. The first-order valence-corrected chi connectivity index (χ1v) is 8.82. The molecule has 112 valence electrons. The summed E-state index contributed by atoms with van der Waals surface area (Å²) in [4.78, 5) is 4.01. The SMILES string of the molecule is CCCC1(CNS(=O)(=O)c2cc(Br)cnc2NN)CC1. The van der Waals surface area contributed by atoms with Crippen molar-refractivity contribution in [2.24, 2.45) is 11.3 Å². The lowest BCUT2D eigenvalue weighted by molar-refractivity contribution is 0.449. The van der Waals surface area contributed by atoms with Gasteiger partial charge in [0.15, 0.2) is 5.82 Å². The molecule has 0 aliphatic heterocycles. The standard InChI is InChI=1S/C12H19BrN4O2S/c1-2-3-12(4-5-12)8-16-20(18,19)10-6-9(13)7-15-11(10)17-14/h6-7,16H,2-5,8,14H2,1H3,(H,15,17). The normalized spacial score (nSPS) is 16.9. The van der Waals surface area contributed by atoms with E-state index in [-0.39, 0.29) is 16.1 Å². The van der Waals surface area contributed by atoms with Crippen LogP contribution in [-0.2, 0) is 10.0 Å². The summed E-state index contributed by atoms with van der Waals surface area (Å²) in [5, 5.41) is 0. The third-order valence-electron chi connectivity index (χ3n) is 3.62. The van der Waals surface area contributed by atoms with Crippen LogP contribution in [0.15, 0.2) is 21.6 Å². The first-order valence-electron chi connectivity index (χ1n) is 6.54. The number of rotatable bonds is 7. The first kappa shape index (κ1) is 15.7. The molecule has 1 aliphatic carbocycles. The highest BCUT2D eigenvalue weighted by Crippen LogP contribution is 2.49. The summed E-state index contributed by atoms with van der Waals surface area (Å²) in [5.41, 5.74) is 2.47. The second-order valence-electron chi connectivity index (χ2n) is 5.22. The zero-order chi connectivity index (χ0) is 14.8. The average molecular weight is 363 g/mol. The number of nitrogens with zero attached hydrogens (tertiary/aromatic N) is 1. The number of nitrogens with one attached hydrogen (secondary N) is 2. The minimum atomic E-state index is -3.62. The third kappa shape index (κ3) is 3.49. The fourth-order valence-electron chi connectivity index (χ4n) is 2.28. The van der Waals surface area contributed by atoms with Crippen LogP contribution in [0.3, 0.4) is 0 Å². The Kier molecular flexibility index (Phi) is 4.68. The summed E-state index contributed by atoms with van der Waals surface area (Å²) in [6.07, 6.45) is 5.78. The van der Waals surface area contributed by atoms with Gasteiger partial charge in [0.1, 0.15) is 4.90 Å². The lowest BCUT2D eigenvalue weighted by atomic mass is 10.0. The predicted octanol–water partition coefficient (Wildman–Crippen LogP) is 1.99. The van der Waals surface area contributed by atoms with E-state index in [0.29, 0.717) is 11.0 Å². The van der Waals surface area contributed by atoms with Crippen LogP contribution in [0.25, 0.3) is 0 Å². The highest BCUT2D eigenvalue weighted by Gasteiger charge is 2.42. The molecule has 0 radical (unpaired) electrons. The summed E-state index contributed by atoms with van der Waals surface area (Å²) in [6, 6.07) is 1.49. The highest BCUT2D eigenvalue weighted by molar-refractivity contribution is 9.10. The van der Waals surface area contributed by atoms with E-state index < -0.39 is 10.0 Å². The van der Waals surface area contributed by atoms with Crippen molar-refractivity contribution in [2.75, 3.05) is 12.0 Å². The number of halogens is 1. The Morgan fingerprint density at radius 3 is 2.75 bits per heavy atom. The van der Waals surface area contributed by atoms with Gasteiger partial charge < -0.3 is 5.43 Å². The van der Waals surface area contributed by atoms with Crippen molar-refractivity contribution in [3.8, 4) is 0 Å². The Labute approximate surface area is 127 Å². The number of hydrazine groups is 1. The molecule has 8 heteroatoms. The fraction of sp³-hybridized carbons (Fsp3) is 0.583. The molecule has 1 aromatic rings. The van der Waals surface area contributed by atoms with E-state index in [2.05, 4.69) is 38.0 Å². The second kappa shape index (κ2) is 5.97. The van der Waals surface area contributed by atoms with Crippen molar-refractivity contribution in [1.29, 1.82) is 0 Å². The van der Waals surface area contributed by atoms with Crippen LogP contribution in [0, 0.1) is 5.41 Å². The second-order valence-corrected chi connectivity index (χ2v) is 7.87. The number of hydrogen-bond acceptors (Lipinski definition) is 5. The van der Waals surface area contributed by atoms with Gasteiger partial charge in [-0.15, -0.1) is 0 Å². The molecule has 4 N–H and O–H groups in total. The van der Waals surface area contributed by atoms with Gasteiger partial charge in [-0.3, -0.25) is 0 Å². The van der Waals surface area contributed by atoms with Gasteiger partial charge in [-0.1, -0.05) is 13.3 Å². The summed E-state index contributed by atoms with van der Waals surface area (Å²) in [5.74, 6) is 5.46. The molecule has 0 saturated heterocycles. The van der Waals surface area contributed by atoms with Gasteiger partial charge in [0, 0.05) is 17.2 Å². The van der Waals surface area contributed by atoms with E-state index in [4.69, 9.17) is 5.84 Å². The maximum atomic E-state index is 12.4. The van der Waals surface area contributed by atoms with E-state index in [0.717, 1.165) is 25.7 Å². The van der Waals surface area contributed by atoms with E-state index in [1.54, 1.807) is 0 Å². The van der Waals surface area contributed by atoms with Gasteiger partial charge in [-0.2, -0.15) is 0 Å². The highest BCUT2D eigenvalue weighted by atomic mass is 79.9. The van der Waals surface area contributed by atoms with Crippen molar-refractivity contribution < 1.29 is 8.42 Å². The Balaban J connectivity index is 2.16. The largest absolute Gasteiger partial charge is 0.307 e. The number of aromatic nitrogens is 1. The number of hydrogen-bond donors (Lipinski definition) is 3. The van der Waals surface area contributed by atoms with Crippen LogP contribution < -0.4 is 16.0 Å². The van der Waals surface area contributed by atoms with Crippen molar-refractivity contribution >= 4 is 31.8 Å². The van der Waals surface area contributed by atoms with Crippen molar-refractivity contribution in [2.45, 2.75) is 37.5 Å². The molecule has 0 aromatic carbocycles. The van der Waals surface area contributed by atoms with Gasteiger partial charge in [0.05, 0.1) is 0 Å². The van der Waals surface area contributed by atoms with Crippen molar-refractivity contribution in [1.82, 2.24) is 9.71 Å². The molecule has 0 bridgehead atoms. The zero-order valence-corrected chi connectivity index (χ0v) is 13.7. The van der Waals surface area contributed by atoms with Crippen LogP contribution in [0.5, 0.6) is 0 Å². The molecule has 20 heavy (non-hydrogen) atoms. The molecule has 1 aromatic heterocycles. The lowest BCUT2D eigenvalue weighted by Crippen LogP contribution is -2.31. The predicted molar refractivity (Wildman–Crippen MR) is 81.5 cm³/mol. The monoisotopic (exact) mass is 362 g/mol. The average Bonchev–Trinajstić information content (AvgIpc) is 3.17. The molecule has 0 spiro atoms. The van der Waals surface area contributed by atoms with Gasteiger partial charge in [0.2, 0.25) is 10.0 Å². The molecule has 0 atom stereocenters. The number of nitrogen functional groups attached to an aromatic ring is 1. The van der Waals surface area contributed by atoms with Gasteiger partial charge >= 0.3 is 0 Å². The minimum Gasteiger partial charge on any atom is -0.307 e. The van der Waals surface area contributed by atoms with E-state index in [1.165, 1.54) is 12.3 Å². The molecular weight excluding hydrogens is 344 g/mol. The summed E-state index contributed by atoms with van der Waals surface area (Å²) >= 11 is 3.22. The Morgan fingerprint density at radius 2 is 2.20 bits per heavy atom. The first-order chi connectivity index (χ1) is 9.42. The van der Waals surface area contributed by atoms with Crippen LogP contribution in [0.2, 0.25) is 0 Å². The van der Waals surface area contributed by atoms with Crippen molar-refractivity contribution in [3.05, 3.63) is 16.7 Å². The van der Waals surface area contributed by atoms with E-state index in [9.17, 15) is 8.42 Å². The molecular formula is C12H19BrN4O2S. The minimum absolute atomic E-state index is 0.0571. The Bertz CT molecular complexity index is 587.